The number of piperazine rings is 1. The van der Waals surface area contributed by atoms with Crippen LogP contribution in [0.3, 0.4) is 0 Å². The van der Waals surface area contributed by atoms with E-state index in [-0.39, 0.29) is 19.1 Å². The Labute approximate surface area is 180 Å². The molecule has 1 aromatic carbocycles. The van der Waals surface area contributed by atoms with E-state index in [1.807, 2.05) is 25.1 Å². The Morgan fingerprint density at radius 2 is 1.97 bits per heavy atom. The molecule has 1 aliphatic rings. The van der Waals surface area contributed by atoms with Gasteiger partial charge in [-0.05, 0) is 42.2 Å². The van der Waals surface area contributed by atoms with Crippen LogP contribution < -0.4 is 10.5 Å². The first-order chi connectivity index (χ1) is 15.1. The third-order valence-electron chi connectivity index (χ3n) is 5.76. The van der Waals surface area contributed by atoms with Gasteiger partial charge in [0.1, 0.15) is 5.82 Å². The number of hydrogen-bond acceptors (Lipinski definition) is 8. The van der Waals surface area contributed by atoms with Gasteiger partial charge in [0.2, 0.25) is 5.89 Å². The van der Waals surface area contributed by atoms with Gasteiger partial charge in [-0.15, -0.1) is 0 Å². The minimum Gasteiger partial charge on any atom is -0.403 e. The maximum Gasteiger partial charge on any atom is 0.347 e. The summed E-state index contributed by atoms with van der Waals surface area (Å²) in [6, 6.07) is 7.25. The summed E-state index contributed by atoms with van der Waals surface area (Å²) in [6.07, 6.45) is 3.15. The third-order valence-corrected chi connectivity index (χ3v) is 5.76. The zero-order valence-electron chi connectivity index (χ0n) is 17.8. The predicted molar refractivity (Wildman–Crippen MR) is 119 cm³/mol. The van der Waals surface area contributed by atoms with E-state index in [4.69, 9.17) is 9.52 Å². The molecule has 1 saturated heterocycles. The highest BCUT2D eigenvalue weighted by molar-refractivity contribution is 5.84. The number of aliphatic hydroxyl groups is 2. The molecular formula is C23H28N4O4. The summed E-state index contributed by atoms with van der Waals surface area (Å²) < 4.78 is 5.66. The van der Waals surface area contributed by atoms with Crippen LogP contribution >= 0.6 is 0 Å². The molecule has 1 aliphatic heterocycles. The molecule has 3 aromatic rings. The van der Waals surface area contributed by atoms with Crippen LogP contribution in [-0.4, -0.2) is 64.4 Å². The first kappa shape index (κ1) is 21.4. The second-order valence-corrected chi connectivity index (χ2v) is 7.75. The molecule has 31 heavy (non-hydrogen) atoms. The van der Waals surface area contributed by atoms with Crippen LogP contribution in [0.25, 0.3) is 22.4 Å². The molecule has 8 nitrogen and oxygen atoms in total. The van der Waals surface area contributed by atoms with Gasteiger partial charge in [0, 0.05) is 45.5 Å². The van der Waals surface area contributed by atoms with E-state index in [0.717, 1.165) is 56.1 Å². The average molecular weight is 425 g/mol. The summed E-state index contributed by atoms with van der Waals surface area (Å²) in [4.78, 5) is 26.6. The van der Waals surface area contributed by atoms with Crippen LogP contribution in [0, 0.1) is 0 Å². The van der Waals surface area contributed by atoms with Gasteiger partial charge < -0.3 is 19.5 Å². The van der Waals surface area contributed by atoms with Gasteiger partial charge in [-0.3, -0.25) is 4.90 Å². The molecule has 0 spiro atoms. The maximum absolute atomic E-state index is 12.9. The third kappa shape index (κ3) is 4.46. The largest absolute Gasteiger partial charge is 0.403 e. The standard InChI is InChI=1S/C23H28N4O4/c1-2-17-13-16(15-29)14-19-20(17)23(30)31-22(25-19)18-5-3-6-24-21(18)27-10-8-26(9-11-27)7-4-12-28/h3,5-6,13-14,28-29H,2,4,7-12,15H2,1H3. The monoisotopic (exact) mass is 424 g/mol. The van der Waals surface area contributed by atoms with Gasteiger partial charge in [0.25, 0.3) is 0 Å². The Hall–Kier alpha value is -2.81. The molecule has 2 N–H and O–H groups in total. The van der Waals surface area contributed by atoms with E-state index in [9.17, 15) is 9.90 Å². The lowest BCUT2D eigenvalue weighted by Gasteiger charge is -2.35. The van der Waals surface area contributed by atoms with E-state index in [2.05, 4.69) is 19.8 Å². The molecule has 8 heteroatoms. The summed E-state index contributed by atoms with van der Waals surface area (Å²) in [5, 5.41) is 19.1. The molecule has 0 radical (unpaired) electrons. The van der Waals surface area contributed by atoms with Crippen LogP contribution in [0.5, 0.6) is 0 Å². The molecular weight excluding hydrogens is 396 g/mol. The summed E-state index contributed by atoms with van der Waals surface area (Å²) in [6.45, 7) is 6.28. The molecule has 3 heterocycles. The van der Waals surface area contributed by atoms with Gasteiger partial charge >= 0.3 is 5.63 Å². The maximum atomic E-state index is 12.9. The summed E-state index contributed by atoms with van der Waals surface area (Å²) in [5.41, 5.74) is 2.32. The number of rotatable bonds is 7. The summed E-state index contributed by atoms with van der Waals surface area (Å²) in [7, 11) is 0. The van der Waals surface area contributed by atoms with Crippen molar-refractivity contribution in [2.45, 2.75) is 26.4 Å². The van der Waals surface area contributed by atoms with E-state index in [0.29, 0.717) is 22.9 Å². The minimum absolute atomic E-state index is 0.112. The molecule has 4 rings (SSSR count). The molecule has 2 aromatic heterocycles. The van der Waals surface area contributed by atoms with Crippen LogP contribution in [0.2, 0.25) is 0 Å². The number of hydrogen-bond donors (Lipinski definition) is 2. The lowest BCUT2D eigenvalue weighted by Crippen LogP contribution is -2.47. The molecule has 0 atom stereocenters. The zero-order valence-corrected chi connectivity index (χ0v) is 17.8. The highest BCUT2D eigenvalue weighted by atomic mass is 16.4. The Morgan fingerprint density at radius 1 is 1.16 bits per heavy atom. The second-order valence-electron chi connectivity index (χ2n) is 7.75. The fraction of sp³-hybridized carbons (Fsp3) is 0.435. The van der Waals surface area contributed by atoms with E-state index in [1.165, 1.54) is 0 Å². The Bertz CT molecular complexity index is 1110. The lowest BCUT2D eigenvalue weighted by atomic mass is 10.0. The average Bonchev–Trinajstić information content (AvgIpc) is 2.82. The number of aliphatic hydroxyl groups excluding tert-OH is 2. The van der Waals surface area contributed by atoms with Gasteiger partial charge in [0.05, 0.1) is 23.1 Å². The fourth-order valence-electron chi connectivity index (χ4n) is 4.12. The Balaban J connectivity index is 1.70. The van der Waals surface area contributed by atoms with Crippen LogP contribution in [0.1, 0.15) is 24.5 Å². The van der Waals surface area contributed by atoms with Crippen molar-refractivity contribution >= 4 is 16.7 Å². The van der Waals surface area contributed by atoms with Crippen molar-refractivity contribution in [2.24, 2.45) is 0 Å². The topological polar surface area (TPSA) is 103 Å². The van der Waals surface area contributed by atoms with Gasteiger partial charge in [-0.25, -0.2) is 14.8 Å². The molecule has 0 aliphatic carbocycles. The Kier molecular flexibility index (Phi) is 6.60. The SMILES string of the molecule is CCc1cc(CO)cc2nc(-c3cccnc3N3CCN(CCCO)CC3)oc(=O)c12. The number of fused-ring (bicyclic) bond motifs is 1. The molecule has 0 bridgehead atoms. The molecule has 1 fully saturated rings. The molecule has 0 unspecified atom stereocenters. The summed E-state index contributed by atoms with van der Waals surface area (Å²) >= 11 is 0. The number of aryl methyl sites for hydroxylation is 1. The highest BCUT2D eigenvalue weighted by Gasteiger charge is 2.22. The van der Waals surface area contributed by atoms with Crippen LogP contribution in [0.15, 0.2) is 39.7 Å². The molecule has 164 valence electrons. The smallest absolute Gasteiger partial charge is 0.347 e. The number of pyridine rings is 1. The van der Waals surface area contributed by atoms with Crippen molar-refractivity contribution in [1.82, 2.24) is 14.9 Å². The van der Waals surface area contributed by atoms with Gasteiger partial charge in [-0.1, -0.05) is 13.0 Å². The first-order valence-corrected chi connectivity index (χ1v) is 10.8. The molecule has 0 saturated carbocycles. The molecule has 0 amide bonds. The van der Waals surface area contributed by atoms with Gasteiger partial charge in [0.15, 0.2) is 0 Å². The summed E-state index contributed by atoms with van der Waals surface area (Å²) in [5.74, 6) is 0.980. The normalized spacial score (nSPS) is 15.0. The van der Waals surface area contributed by atoms with Gasteiger partial charge in [-0.2, -0.15) is 0 Å². The van der Waals surface area contributed by atoms with E-state index >= 15 is 0 Å². The quantitative estimate of drug-likeness (QED) is 0.592. The van der Waals surface area contributed by atoms with Crippen molar-refractivity contribution in [3.05, 3.63) is 52.0 Å². The van der Waals surface area contributed by atoms with E-state index in [1.54, 1.807) is 12.3 Å². The number of anilines is 1. The zero-order chi connectivity index (χ0) is 21.8. The fourth-order valence-corrected chi connectivity index (χ4v) is 4.12. The van der Waals surface area contributed by atoms with Crippen molar-refractivity contribution in [1.29, 1.82) is 0 Å². The Morgan fingerprint density at radius 3 is 2.68 bits per heavy atom. The first-order valence-electron chi connectivity index (χ1n) is 10.8. The predicted octanol–water partition coefficient (Wildman–Crippen LogP) is 1.81. The van der Waals surface area contributed by atoms with Crippen molar-refractivity contribution in [2.75, 3.05) is 44.2 Å². The number of benzene rings is 1. The van der Waals surface area contributed by atoms with Crippen molar-refractivity contribution in [3.8, 4) is 11.5 Å². The number of aromatic nitrogens is 2. The minimum atomic E-state index is -0.426. The second kappa shape index (κ2) is 9.55. The number of nitrogens with zero attached hydrogens (tertiary/aromatic N) is 4. The van der Waals surface area contributed by atoms with Crippen LogP contribution in [0.4, 0.5) is 5.82 Å². The lowest BCUT2D eigenvalue weighted by molar-refractivity contribution is 0.215. The van der Waals surface area contributed by atoms with Crippen LogP contribution in [-0.2, 0) is 13.0 Å². The van der Waals surface area contributed by atoms with Crippen molar-refractivity contribution < 1.29 is 14.6 Å². The highest BCUT2D eigenvalue weighted by Crippen LogP contribution is 2.29. The van der Waals surface area contributed by atoms with Crippen molar-refractivity contribution in [3.63, 3.8) is 0 Å². The van der Waals surface area contributed by atoms with E-state index < -0.39 is 5.63 Å².